The minimum absolute atomic E-state index is 0.0693. The predicted molar refractivity (Wildman–Crippen MR) is 83.1 cm³/mol. The van der Waals surface area contributed by atoms with Crippen molar-refractivity contribution in [2.45, 2.75) is 51.8 Å². The molecule has 0 bridgehead atoms. The topological polar surface area (TPSA) is 16.1 Å². The Kier molecular flexibility index (Phi) is 4.39. The molecule has 0 atom stereocenters. The molecule has 106 valence electrons. The zero-order valence-corrected chi connectivity index (χ0v) is 13.3. The van der Waals surface area contributed by atoms with Gasteiger partial charge in [0.2, 0.25) is 0 Å². The zero-order valence-electron chi connectivity index (χ0n) is 12.5. The quantitative estimate of drug-likeness (QED) is 0.749. The van der Waals surface area contributed by atoms with Crippen LogP contribution >= 0.6 is 11.6 Å². The number of piperidine rings is 1. The first-order valence-corrected chi connectivity index (χ1v) is 7.76. The molecule has 1 aliphatic rings. The van der Waals surface area contributed by atoms with Crippen molar-refractivity contribution in [3.8, 4) is 0 Å². The lowest BCUT2D eigenvalue weighted by Crippen LogP contribution is -2.34. The minimum atomic E-state index is 0.0693. The molecular formula is C16H25ClN2. The van der Waals surface area contributed by atoms with E-state index in [0.717, 1.165) is 30.5 Å². The Labute approximate surface area is 122 Å². The van der Waals surface area contributed by atoms with Gasteiger partial charge in [-0.25, -0.2) is 4.98 Å². The van der Waals surface area contributed by atoms with Crippen LogP contribution in [0.2, 0.25) is 0 Å². The molecule has 1 aromatic heterocycles. The highest BCUT2D eigenvalue weighted by molar-refractivity contribution is 6.17. The standard InChI is InChI=1S/C16H25ClN2/c1-12-5-7-19(8-6-12)15-10-13(11-17)9-14(18-15)16(2,3)4/h9-10,12H,5-8,11H2,1-4H3. The summed E-state index contributed by atoms with van der Waals surface area (Å²) in [6.07, 6.45) is 2.52. The van der Waals surface area contributed by atoms with Gasteiger partial charge in [0.25, 0.3) is 0 Å². The number of hydrogen-bond acceptors (Lipinski definition) is 2. The van der Waals surface area contributed by atoms with Gasteiger partial charge >= 0.3 is 0 Å². The van der Waals surface area contributed by atoms with Gasteiger partial charge in [0.05, 0.1) is 0 Å². The van der Waals surface area contributed by atoms with Crippen molar-refractivity contribution in [3.63, 3.8) is 0 Å². The van der Waals surface area contributed by atoms with E-state index in [1.165, 1.54) is 18.4 Å². The van der Waals surface area contributed by atoms with E-state index in [9.17, 15) is 0 Å². The molecule has 2 rings (SSSR count). The average Bonchev–Trinajstić information content (AvgIpc) is 2.38. The maximum Gasteiger partial charge on any atom is 0.129 e. The molecule has 0 spiro atoms. The summed E-state index contributed by atoms with van der Waals surface area (Å²) >= 11 is 6.04. The molecule has 2 heterocycles. The Balaban J connectivity index is 2.29. The molecule has 0 radical (unpaired) electrons. The molecule has 1 aliphatic heterocycles. The summed E-state index contributed by atoms with van der Waals surface area (Å²) in [5, 5.41) is 0. The van der Waals surface area contributed by atoms with Crippen LogP contribution in [0.3, 0.4) is 0 Å². The highest BCUT2D eigenvalue weighted by Crippen LogP contribution is 2.27. The van der Waals surface area contributed by atoms with Crippen LogP contribution in [0.5, 0.6) is 0 Å². The third-order valence-electron chi connectivity index (χ3n) is 3.90. The molecule has 0 saturated carbocycles. The van der Waals surface area contributed by atoms with Gasteiger partial charge in [0.1, 0.15) is 5.82 Å². The normalized spacial score (nSPS) is 17.8. The summed E-state index contributed by atoms with van der Waals surface area (Å²) in [4.78, 5) is 7.28. The zero-order chi connectivity index (χ0) is 14.0. The summed E-state index contributed by atoms with van der Waals surface area (Å²) in [6, 6.07) is 4.29. The molecular weight excluding hydrogens is 256 g/mol. The second-order valence-electron chi connectivity index (χ2n) is 6.77. The van der Waals surface area contributed by atoms with Gasteiger partial charge in [-0.3, -0.25) is 0 Å². The summed E-state index contributed by atoms with van der Waals surface area (Å²) in [6.45, 7) is 11.2. The Morgan fingerprint density at radius 1 is 1.26 bits per heavy atom. The first kappa shape index (κ1) is 14.6. The second kappa shape index (κ2) is 5.70. The van der Waals surface area contributed by atoms with Gasteiger partial charge in [-0.05, 0) is 36.5 Å². The number of halogens is 1. The molecule has 0 amide bonds. The van der Waals surface area contributed by atoms with Gasteiger partial charge in [-0.1, -0.05) is 27.7 Å². The number of pyridine rings is 1. The first-order valence-electron chi connectivity index (χ1n) is 7.22. The van der Waals surface area contributed by atoms with Crippen LogP contribution in [0.15, 0.2) is 12.1 Å². The Bertz CT molecular complexity index is 429. The summed E-state index contributed by atoms with van der Waals surface area (Å²) in [5.74, 6) is 2.51. The fraction of sp³-hybridized carbons (Fsp3) is 0.688. The SMILES string of the molecule is CC1CCN(c2cc(CCl)cc(C(C)(C)C)n2)CC1. The Hall–Kier alpha value is -0.760. The summed E-state index contributed by atoms with van der Waals surface area (Å²) < 4.78 is 0. The molecule has 1 fully saturated rings. The molecule has 1 saturated heterocycles. The number of alkyl halides is 1. The molecule has 0 aliphatic carbocycles. The van der Waals surface area contributed by atoms with Gasteiger partial charge in [0, 0.05) is 30.1 Å². The van der Waals surface area contributed by atoms with Crippen molar-refractivity contribution in [1.29, 1.82) is 0 Å². The minimum Gasteiger partial charge on any atom is -0.357 e. The molecule has 0 unspecified atom stereocenters. The van der Waals surface area contributed by atoms with E-state index >= 15 is 0 Å². The van der Waals surface area contributed by atoms with E-state index in [0.29, 0.717) is 5.88 Å². The van der Waals surface area contributed by atoms with E-state index in [2.05, 4.69) is 44.7 Å². The molecule has 0 N–H and O–H groups in total. The van der Waals surface area contributed by atoms with Crippen LogP contribution < -0.4 is 4.90 Å². The smallest absolute Gasteiger partial charge is 0.129 e. The largest absolute Gasteiger partial charge is 0.357 e. The number of nitrogens with zero attached hydrogens (tertiary/aromatic N) is 2. The third-order valence-corrected chi connectivity index (χ3v) is 4.21. The lowest BCUT2D eigenvalue weighted by molar-refractivity contribution is 0.435. The highest BCUT2D eigenvalue weighted by Gasteiger charge is 2.21. The maximum absolute atomic E-state index is 6.04. The van der Waals surface area contributed by atoms with E-state index < -0.39 is 0 Å². The van der Waals surface area contributed by atoms with Crippen molar-refractivity contribution >= 4 is 17.4 Å². The van der Waals surface area contributed by atoms with E-state index in [1.54, 1.807) is 0 Å². The second-order valence-corrected chi connectivity index (χ2v) is 7.04. The van der Waals surface area contributed by atoms with Gasteiger partial charge < -0.3 is 4.90 Å². The fourth-order valence-corrected chi connectivity index (χ4v) is 2.59. The van der Waals surface area contributed by atoms with Gasteiger partial charge in [-0.15, -0.1) is 11.6 Å². The van der Waals surface area contributed by atoms with Crippen LogP contribution in [0.4, 0.5) is 5.82 Å². The van der Waals surface area contributed by atoms with E-state index in [-0.39, 0.29) is 5.41 Å². The lowest BCUT2D eigenvalue weighted by Gasteiger charge is -2.32. The van der Waals surface area contributed by atoms with E-state index in [1.807, 2.05) is 0 Å². The van der Waals surface area contributed by atoms with Crippen molar-refractivity contribution < 1.29 is 0 Å². The van der Waals surface area contributed by atoms with E-state index in [4.69, 9.17) is 16.6 Å². The molecule has 0 aromatic carbocycles. The van der Waals surface area contributed by atoms with Crippen LogP contribution in [-0.2, 0) is 11.3 Å². The number of rotatable bonds is 2. The van der Waals surface area contributed by atoms with Gasteiger partial charge in [-0.2, -0.15) is 0 Å². The average molecular weight is 281 g/mol. The summed E-state index contributed by atoms with van der Waals surface area (Å²) in [5.41, 5.74) is 2.38. The molecule has 19 heavy (non-hydrogen) atoms. The fourth-order valence-electron chi connectivity index (χ4n) is 2.43. The van der Waals surface area contributed by atoms with Gasteiger partial charge in [0.15, 0.2) is 0 Å². The van der Waals surface area contributed by atoms with Crippen molar-refractivity contribution in [2.75, 3.05) is 18.0 Å². The van der Waals surface area contributed by atoms with Crippen molar-refractivity contribution in [1.82, 2.24) is 4.98 Å². The number of hydrogen-bond donors (Lipinski definition) is 0. The lowest BCUT2D eigenvalue weighted by atomic mass is 9.90. The third kappa shape index (κ3) is 3.62. The Morgan fingerprint density at radius 2 is 1.89 bits per heavy atom. The molecule has 1 aromatic rings. The molecule has 2 nitrogen and oxygen atoms in total. The summed E-state index contributed by atoms with van der Waals surface area (Å²) in [7, 11) is 0. The van der Waals surface area contributed by atoms with Crippen molar-refractivity contribution in [3.05, 3.63) is 23.4 Å². The van der Waals surface area contributed by atoms with Crippen LogP contribution in [-0.4, -0.2) is 18.1 Å². The number of aromatic nitrogens is 1. The van der Waals surface area contributed by atoms with Crippen molar-refractivity contribution in [2.24, 2.45) is 5.92 Å². The Morgan fingerprint density at radius 3 is 2.42 bits per heavy atom. The predicted octanol–water partition coefficient (Wildman–Crippen LogP) is 4.35. The van der Waals surface area contributed by atoms with Crippen LogP contribution in [0.25, 0.3) is 0 Å². The monoisotopic (exact) mass is 280 g/mol. The molecule has 3 heteroatoms. The van der Waals surface area contributed by atoms with Crippen LogP contribution in [0.1, 0.15) is 51.8 Å². The highest BCUT2D eigenvalue weighted by atomic mass is 35.5. The first-order chi connectivity index (χ1) is 8.90. The van der Waals surface area contributed by atoms with Crippen LogP contribution in [0, 0.1) is 5.92 Å². The number of anilines is 1. The maximum atomic E-state index is 6.04.